The maximum absolute atomic E-state index is 13.3. The molecule has 0 spiro atoms. The van der Waals surface area contributed by atoms with Gasteiger partial charge in [-0.3, -0.25) is 4.79 Å². The minimum Gasteiger partial charge on any atom is -0.480 e. The molecule has 13 heteroatoms. The number of nitriles is 1. The lowest BCUT2D eigenvalue weighted by Crippen LogP contribution is -2.45. The van der Waals surface area contributed by atoms with Crippen molar-refractivity contribution in [2.24, 2.45) is 5.92 Å². The molecule has 1 aromatic carbocycles. The minimum atomic E-state index is -4.88. The lowest BCUT2D eigenvalue weighted by molar-refractivity contribution is -0.151. The maximum atomic E-state index is 13.3. The van der Waals surface area contributed by atoms with Gasteiger partial charge in [-0.15, -0.1) is 0 Å². The van der Waals surface area contributed by atoms with Gasteiger partial charge in [-0.05, 0) is 44.4 Å². The van der Waals surface area contributed by atoms with Crippen LogP contribution >= 0.6 is 0 Å². The van der Waals surface area contributed by atoms with Crippen LogP contribution < -0.4 is 5.32 Å². The van der Waals surface area contributed by atoms with Crippen LogP contribution in [0.25, 0.3) is 0 Å². The van der Waals surface area contributed by atoms with Gasteiger partial charge in [-0.25, -0.2) is 13.2 Å². The number of ether oxygens (including phenoxy) is 1. The van der Waals surface area contributed by atoms with Crippen molar-refractivity contribution >= 4 is 21.7 Å². The zero-order chi connectivity index (χ0) is 31.9. The Balaban J connectivity index is 0.000000391. The number of amides is 1. The normalized spacial score (nSPS) is 19.4. The molecule has 0 saturated carbocycles. The summed E-state index contributed by atoms with van der Waals surface area (Å²) >= 11 is 0. The molecule has 2 saturated heterocycles. The number of hydrogen-bond donors (Lipinski definition) is 2. The SMILES string of the molecule is CCCCCCCCCCNCC#N.O=C(O)[C@@H]1C[C@@H](S(=O)(=O)c2ccccc2C(F)(F)F)CN1C(=O)C1CCOCC1. The molecule has 2 aliphatic rings. The number of nitrogens with one attached hydrogen (secondary N) is 1. The first kappa shape index (κ1) is 36.5. The van der Waals surface area contributed by atoms with Crippen LogP contribution in [-0.2, 0) is 30.3 Å². The molecule has 2 aliphatic heterocycles. The summed E-state index contributed by atoms with van der Waals surface area (Å²) in [6.07, 6.45) is 6.23. The summed E-state index contributed by atoms with van der Waals surface area (Å²) in [4.78, 5) is 24.5. The second-order valence-corrected chi connectivity index (χ2v) is 13.1. The van der Waals surface area contributed by atoms with E-state index in [4.69, 9.17) is 10.00 Å². The van der Waals surface area contributed by atoms with Crippen molar-refractivity contribution in [3.05, 3.63) is 29.8 Å². The highest BCUT2D eigenvalue weighted by Crippen LogP contribution is 2.38. The smallest absolute Gasteiger partial charge is 0.417 e. The van der Waals surface area contributed by atoms with E-state index >= 15 is 0 Å². The highest BCUT2D eigenvalue weighted by molar-refractivity contribution is 7.92. The fraction of sp³-hybridized carbons (Fsp3) is 0.700. The van der Waals surface area contributed by atoms with Gasteiger partial charge >= 0.3 is 12.1 Å². The fourth-order valence-electron chi connectivity index (χ4n) is 5.34. The summed E-state index contributed by atoms with van der Waals surface area (Å²) in [5, 5.41) is 19.4. The number of alkyl halides is 3. The predicted octanol–water partition coefficient (Wildman–Crippen LogP) is 5.20. The Kier molecular flexibility index (Phi) is 15.4. The summed E-state index contributed by atoms with van der Waals surface area (Å²) in [6.45, 7) is 3.97. The molecular formula is C30H44F3N3O6S. The van der Waals surface area contributed by atoms with Crippen LogP contribution in [0.5, 0.6) is 0 Å². The van der Waals surface area contributed by atoms with Crippen LogP contribution in [-0.4, -0.2) is 74.4 Å². The van der Waals surface area contributed by atoms with Crippen LogP contribution in [0, 0.1) is 17.2 Å². The molecule has 43 heavy (non-hydrogen) atoms. The van der Waals surface area contributed by atoms with E-state index < -0.39 is 68.5 Å². The van der Waals surface area contributed by atoms with Crippen molar-refractivity contribution in [1.82, 2.24) is 10.2 Å². The van der Waals surface area contributed by atoms with Gasteiger partial charge in [0.15, 0.2) is 9.84 Å². The van der Waals surface area contributed by atoms with Crippen molar-refractivity contribution < 1.29 is 41.0 Å². The number of unbranched alkanes of at least 4 members (excludes halogenated alkanes) is 7. The van der Waals surface area contributed by atoms with Crippen molar-refractivity contribution in [2.45, 2.75) is 99.9 Å². The summed E-state index contributed by atoms with van der Waals surface area (Å²) in [5.41, 5.74) is -1.30. The zero-order valence-electron chi connectivity index (χ0n) is 24.8. The number of halogens is 3. The summed E-state index contributed by atoms with van der Waals surface area (Å²) in [5.74, 6) is -2.37. The first-order valence-corrected chi connectivity index (χ1v) is 16.6. The Morgan fingerprint density at radius 1 is 1.07 bits per heavy atom. The third-order valence-electron chi connectivity index (χ3n) is 7.75. The van der Waals surface area contributed by atoms with Crippen molar-refractivity contribution in [3.8, 4) is 6.07 Å². The lowest BCUT2D eigenvalue weighted by atomic mass is 9.98. The highest BCUT2D eigenvalue weighted by Gasteiger charge is 2.48. The van der Waals surface area contributed by atoms with Crippen LogP contribution in [0.4, 0.5) is 13.2 Å². The lowest BCUT2D eigenvalue weighted by Gasteiger charge is -2.28. The molecule has 0 unspecified atom stereocenters. The van der Waals surface area contributed by atoms with Gasteiger partial charge in [0.2, 0.25) is 5.91 Å². The Morgan fingerprint density at radius 2 is 1.67 bits per heavy atom. The van der Waals surface area contributed by atoms with E-state index in [9.17, 15) is 36.3 Å². The molecule has 2 heterocycles. The Morgan fingerprint density at radius 3 is 2.26 bits per heavy atom. The van der Waals surface area contributed by atoms with Gasteiger partial charge in [0.05, 0.1) is 28.3 Å². The Labute approximate surface area is 252 Å². The van der Waals surface area contributed by atoms with E-state index in [2.05, 4.69) is 18.3 Å². The van der Waals surface area contributed by atoms with Crippen LogP contribution in [0.3, 0.4) is 0 Å². The molecule has 1 amide bonds. The number of carboxylic acid groups (broad SMARTS) is 1. The van der Waals surface area contributed by atoms with E-state index in [1.165, 1.54) is 57.4 Å². The third kappa shape index (κ3) is 11.4. The van der Waals surface area contributed by atoms with E-state index in [-0.39, 0.29) is 0 Å². The second-order valence-electron chi connectivity index (χ2n) is 10.9. The molecule has 9 nitrogen and oxygen atoms in total. The molecule has 3 rings (SSSR count). The Bertz CT molecular complexity index is 1170. The second kappa shape index (κ2) is 18.2. The standard InChI is InChI=1S/C18H20F3NO6S.C12H24N2/c19-18(20,21)13-3-1-2-4-15(13)29(26,27)12-9-14(17(24)25)22(10-12)16(23)11-5-7-28-8-6-11;1-2-3-4-5-6-7-8-9-11-14-12-10-13/h1-4,11-12,14H,5-10H2,(H,24,25);14H,2-9,11-12H2,1H3/t12-,14+;/m1./s1. The first-order valence-electron chi connectivity index (χ1n) is 15.0. The van der Waals surface area contributed by atoms with Gasteiger partial charge in [-0.2, -0.15) is 18.4 Å². The number of rotatable bonds is 14. The largest absolute Gasteiger partial charge is 0.480 e. The number of carboxylic acids is 1. The maximum Gasteiger partial charge on any atom is 0.417 e. The molecule has 1 aromatic rings. The van der Waals surface area contributed by atoms with Gasteiger partial charge in [0, 0.05) is 25.7 Å². The molecule has 2 N–H and O–H groups in total. The number of nitrogens with zero attached hydrogens (tertiary/aromatic N) is 2. The molecule has 242 valence electrons. The van der Waals surface area contributed by atoms with Crippen molar-refractivity contribution in [3.63, 3.8) is 0 Å². The van der Waals surface area contributed by atoms with E-state index in [1.807, 2.05) is 0 Å². The average molecular weight is 632 g/mol. The van der Waals surface area contributed by atoms with Crippen LogP contribution in [0.15, 0.2) is 29.2 Å². The van der Waals surface area contributed by atoms with Crippen LogP contribution in [0.2, 0.25) is 0 Å². The summed E-state index contributed by atoms with van der Waals surface area (Å²) < 4.78 is 71.0. The number of hydrogen-bond acceptors (Lipinski definition) is 7. The number of carbonyl (C=O) groups excluding carboxylic acids is 1. The third-order valence-corrected chi connectivity index (χ3v) is 9.94. The Hall–Kier alpha value is -2.69. The number of sulfone groups is 1. The molecule has 0 aliphatic carbocycles. The van der Waals surface area contributed by atoms with Crippen LogP contribution in [0.1, 0.15) is 83.1 Å². The minimum absolute atomic E-state index is 0.336. The van der Waals surface area contributed by atoms with Gasteiger partial charge in [0.25, 0.3) is 0 Å². The predicted molar refractivity (Wildman–Crippen MR) is 155 cm³/mol. The van der Waals surface area contributed by atoms with Gasteiger partial charge in [-0.1, -0.05) is 64.0 Å². The molecule has 2 atom stereocenters. The number of likely N-dealkylation sites (tertiary alicyclic amines) is 1. The zero-order valence-corrected chi connectivity index (χ0v) is 25.6. The van der Waals surface area contributed by atoms with E-state index in [0.29, 0.717) is 38.7 Å². The topological polar surface area (TPSA) is 137 Å². The van der Waals surface area contributed by atoms with Gasteiger partial charge in [0.1, 0.15) is 6.04 Å². The number of carbonyl (C=O) groups is 2. The molecule has 0 aromatic heterocycles. The van der Waals surface area contributed by atoms with Crippen molar-refractivity contribution in [1.29, 1.82) is 5.26 Å². The quantitative estimate of drug-likeness (QED) is 0.211. The molecule has 2 fully saturated rings. The highest BCUT2D eigenvalue weighted by atomic mass is 32.2. The van der Waals surface area contributed by atoms with Gasteiger partial charge < -0.3 is 20.1 Å². The average Bonchev–Trinajstić information content (AvgIpc) is 3.45. The molecule has 0 radical (unpaired) electrons. The number of benzene rings is 1. The molecule has 0 bridgehead atoms. The summed E-state index contributed by atoms with van der Waals surface area (Å²) in [7, 11) is -4.52. The van der Waals surface area contributed by atoms with E-state index in [0.717, 1.165) is 23.6 Å². The summed E-state index contributed by atoms with van der Waals surface area (Å²) in [6, 6.07) is 4.47. The number of aliphatic carboxylic acids is 1. The fourth-order valence-corrected chi connectivity index (χ4v) is 7.25. The monoisotopic (exact) mass is 631 g/mol. The van der Waals surface area contributed by atoms with Crippen molar-refractivity contribution in [2.75, 3.05) is 32.8 Å². The van der Waals surface area contributed by atoms with E-state index in [1.54, 1.807) is 0 Å². The molecular weight excluding hydrogens is 587 g/mol. The first-order chi connectivity index (χ1) is 20.4.